The highest BCUT2D eigenvalue weighted by Crippen LogP contribution is 2.55. The lowest BCUT2D eigenvalue weighted by molar-refractivity contribution is 0.0654. The first-order chi connectivity index (χ1) is 6.12. The molecule has 1 rings (SSSR count). The van der Waals surface area contributed by atoms with Crippen LogP contribution in [-0.4, -0.2) is 30.5 Å². The second-order valence-electron chi connectivity index (χ2n) is 3.15. The van der Waals surface area contributed by atoms with Gasteiger partial charge in [-0.1, -0.05) is 13.8 Å². The summed E-state index contributed by atoms with van der Waals surface area (Å²) in [5.74, 6) is 0. The molecule has 13 heavy (non-hydrogen) atoms. The lowest BCUT2D eigenvalue weighted by Gasteiger charge is -2.33. The van der Waals surface area contributed by atoms with Gasteiger partial charge in [0.1, 0.15) is 0 Å². The Hall–Kier alpha value is 0.110. The van der Waals surface area contributed by atoms with Gasteiger partial charge in [0.2, 0.25) is 0 Å². The maximum atomic E-state index is 12.1. The second-order valence-corrected chi connectivity index (χ2v) is 5.12. The predicted octanol–water partition coefficient (Wildman–Crippen LogP) is 2.26. The molecular formula is C8H18NO3P. The molecule has 1 fully saturated rings. The molecule has 0 aromatic rings. The van der Waals surface area contributed by atoms with Crippen molar-refractivity contribution in [2.45, 2.75) is 33.3 Å². The van der Waals surface area contributed by atoms with Crippen molar-refractivity contribution in [1.82, 2.24) is 4.67 Å². The van der Waals surface area contributed by atoms with Gasteiger partial charge in [-0.3, -0.25) is 9.05 Å². The van der Waals surface area contributed by atoms with Crippen LogP contribution in [0.4, 0.5) is 0 Å². The largest absolute Gasteiger partial charge is 0.408 e. The highest BCUT2D eigenvalue weighted by molar-refractivity contribution is 7.51. The maximum absolute atomic E-state index is 12.1. The van der Waals surface area contributed by atoms with Crippen LogP contribution in [0.2, 0.25) is 0 Å². The second kappa shape index (κ2) is 4.56. The Kier molecular flexibility index (Phi) is 3.92. The van der Waals surface area contributed by atoms with Crippen molar-refractivity contribution in [3.05, 3.63) is 0 Å². The van der Waals surface area contributed by atoms with Crippen LogP contribution >= 0.6 is 7.75 Å². The molecule has 0 bridgehead atoms. The van der Waals surface area contributed by atoms with E-state index in [0.717, 1.165) is 6.42 Å². The van der Waals surface area contributed by atoms with Gasteiger partial charge in [-0.15, -0.1) is 0 Å². The Morgan fingerprint density at radius 3 is 2.54 bits per heavy atom. The van der Waals surface area contributed by atoms with E-state index in [1.165, 1.54) is 0 Å². The van der Waals surface area contributed by atoms with Crippen molar-refractivity contribution in [3.8, 4) is 0 Å². The normalized spacial score (nSPS) is 35.2. The predicted molar refractivity (Wildman–Crippen MR) is 51.6 cm³/mol. The van der Waals surface area contributed by atoms with Crippen molar-refractivity contribution < 1.29 is 13.6 Å². The number of rotatable bonds is 3. The molecular weight excluding hydrogens is 189 g/mol. The van der Waals surface area contributed by atoms with Gasteiger partial charge in [-0.25, -0.2) is 9.24 Å². The van der Waals surface area contributed by atoms with Crippen LogP contribution in [0.5, 0.6) is 0 Å². The van der Waals surface area contributed by atoms with Crippen molar-refractivity contribution in [2.24, 2.45) is 0 Å². The van der Waals surface area contributed by atoms with E-state index in [2.05, 4.69) is 0 Å². The Morgan fingerprint density at radius 2 is 2.08 bits per heavy atom. The van der Waals surface area contributed by atoms with E-state index in [4.69, 9.17) is 9.05 Å². The summed E-state index contributed by atoms with van der Waals surface area (Å²) in [5, 5.41) is 0. The van der Waals surface area contributed by atoms with Gasteiger partial charge < -0.3 is 0 Å². The molecule has 5 heteroatoms. The van der Waals surface area contributed by atoms with E-state index >= 15 is 0 Å². The molecule has 0 unspecified atom stereocenters. The number of nitrogens with zero attached hydrogens (tertiary/aromatic N) is 1. The minimum Gasteiger partial charge on any atom is -0.297 e. The molecule has 0 aromatic carbocycles. The first-order valence-electron chi connectivity index (χ1n) is 4.80. The maximum Gasteiger partial charge on any atom is 0.408 e. The molecule has 0 radical (unpaired) electrons. The van der Waals surface area contributed by atoms with Crippen molar-refractivity contribution >= 4 is 7.75 Å². The summed E-state index contributed by atoms with van der Waals surface area (Å²) < 4.78 is 24.5. The van der Waals surface area contributed by atoms with Gasteiger partial charge in [0.15, 0.2) is 0 Å². The summed E-state index contributed by atoms with van der Waals surface area (Å²) in [6, 6.07) is 0. The van der Waals surface area contributed by atoms with E-state index in [-0.39, 0.29) is 6.10 Å². The van der Waals surface area contributed by atoms with Crippen LogP contribution in [0.25, 0.3) is 0 Å². The molecule has 4 nitrogen and oxygen atoms in total. The smallest absolute Gasteiger partial charge is 0.297 e. The Balaban J connectivity index is 2.67. The SMILES string of the molecule is CCN(CC)[P@]1(=O)OCC[C@H](C)O1. The summed E-state index contributed by atoms with van der Waals surface area (Å²) in [4.78, 5) is 0. The molecule has 1 aliphatic rings. The van der Waals surface area contributed by atoms with E-state index in [1.807, 2.05) is 20.8 Å². The number of hydrogen-bond acceptors (Lipinski definition) is 3. The topological polar surface area (TPSA) is 38.8 Å². The van der Waals surface area contributed by atoms with Gasteiger partial charge in [0, 0.05) is 13.1 Å². The van der Waals surface area contributed by atoms with E-state index in [9.17, 15) is 4.57 Å². The zero-order valence-corrected chi connectivity index (χ0v) is 9.42. The van der Waals surface area contributed by atoms with Crippen LogP contribution < -0.4 is 0 Å². The van der Waals surface area contributed by atoms with Crippen LogP contribution in [0.1, 0.15) is 27.2 Å². The van der Waals surface area contributed by atoms with E-state index in [0.29, 0.717) is 19.7 Å². The van der Waals surface area contributed by atoms with Gasteiger partial charge in [0.05, 0.1) is 12.7 Å². The minimum atomic E-state index is -2.95. The van der Waals surface area contributed by atoms with E-state index in [1.54, 1.807) is 4.67 Å². The molecule has 2 atom stereocenters. The fourth-order valence-electron chi connectivity index (χ4n) is 1.36. The third-order valence-electron chi connectivity index (χ3n) is 2.17. The lowest BCUT2D eigenvalue weighted by Crippen LogP contribution is -2.28. The van der Waals surface area contributed by atoms with Crippen LogP contribution in [0, 0.1) is 0 Å². The van der Waals surface area contributed by atoms with Crippen LogP contribution in [0.3, 0.4) is 0 Å². The zero-order valence-electron chi connectivity index (χ0n) is 8.52. The average Bonchev–Trinajstić information content (AvgIpc) is 2.05. The highest BCUT2D eigenvalue weighted by Gasteiger charge is 2.36. The van der Waals surface area contributed by atoms with Crippen LogP contribution in [0.15, 0.2) is 0 Å². The summed E-state index contributed by atoms with van der Waals surface area (Å²) in [5.41, 5.74) is 0. The fraction of sp³-hybridized carbons (Fsp3) is 1.00. The molecule has 0 aliphatic carbocycles. The molecule has 0 saturated carbocycles. The van der Waals surface area contributed by atoms with Gasteiger partial charge >= 0.3 is 7.75 Å². The Morgan fingerprint density at radius 1 is 1.46 bits per heavy atom. The molecule has 0 amide bonds. The molecule has 1 saturated heterocycles. The Labute approximate surface area is 79.8 Å². The number of hydrogen-bond donors (Lipinski definition) is 0. The highest BCUT2D eigenvalue weighted by atomic mass is 31.2. The fourth-order valence-corrected chi connectivity index (χ4v) is 3.31. The first kappa shape index (κ1) is 11.2. The van der Waals surface area contributed by atoms with Crippen molar-refractivity contribution in [2.75, 3.05) is 19.7 Å². The molecule has 0 aromatic heterocycles. The molecule has 0 N–H and O–H groups in total. The van der Waals surface area contributed by atoms with Crippen molar-refractivity contribution in [1.29, 1.82) is 0 Å². The summed E-state index contributed by atoms with van der Waals surface area (Å²) in [6.45, 7) is 7.76. The average molecular weight is 207 g/mol. The summed E-state index contributed by atoms with van der Waals surface area (Å²) in [7, 11) is -2.95. The monoisotopic (exact) mass is 207 g/mol. The van der Waals surface area contributed by atoms with Gasteiger partial charge in [-0.05, 0) is 13.3 Å². The standard InChI is InChI=1S/C8H18NO3P/c1-4-9(5-2)13(10)11-7-6-8(3)12-13/h8H,4-7H2,1-3H3/t8-,13-/m0/s1. The molecule has 1 aliphatic heterocycles. The molecule has 1 heterocycles. The first-order valence-corrected chi connectivity index (χ1v) is 6.30. The van der Waals surface area contributed by atoms with Gasteiger partial charge in [-0.2, -0.15) is 0 Å². The van der Waals surface area contributed by atoms with E-state index < -0.39 is 7.75 Å². The quantitative estimate of drug-likeness (QED) is 0.665. The van der Waals surface area contributed by atoms with Gasteiger partial charge in [0.25, 0.3) is 0 Å². The Bertz CT molecular complexity index is 206. The summed E-state index contributed by atoms with van der Waals surface area (Å²) >= 11 is 0. The minimum absolute atomic E-state index is 0.0418. The molecule has 78 valence electrons. The summed E-state index contributed by atoms with van der Waals surface area (Å²) in [6.07, 6.45) is 0.866. The van der Waals surface area contributed by atoms with Crippen molar-refractivity contribution in [3.63, 3.8) is 0 Å². The third kappa shape index (κ3) is 2.53. The molecule has 0 spiro atoms. The van der Waals surface area contributed by atoms with Crippen LogP contribution in [-0.2, 0) is 13.6 Å². The zero-order chi connectivity index (χ0) is 9.90. The lowest BCUT2D eigenvalue weighted by atomic mass is 10.3. The third-order valence-corrected chi connectivity index (χ3v) is 4.56.